The topological polar surface area (TPSA) is 77.6 Å². The fourth-order valence-electron chi connectivity index (χ4n) is 4.01. The van der Waals surface area contributed by atoms with Gasteiger partial charge in [-0.3, -0.25) is 4.79 Å². The minimum absolute atomic E-state index is 0.0344. The molecule has 2 fully saturated rings. The minimum atomic E-state index is -0.207. The van der Waals surface area contributed by atoms with Crippen molar-refractivity contribution < 1.29 is 9.59 Å². The van der Waals surface area contributed by atoms with Crippen molar-refractivity contribution in [3.05, 3.63) is 48.7 Å². The fourth-order valence-corrected chi connectivity index (χ4v) is 4.01. The van der Waals surface area contributed by atoms with Crippen LogP contribution in [0.25, 0.3) is 0 Å². The zero-order valence-electron chi connectivity index (χ0n) is 16.5. The van der Waals surface area contributed by atoms with Gasteiger partial charge in [-0.1, -0.05) is 18.2 Å². The van der Waals surface area contributed by atoms with E-state index in [2.05, 4.69) is 20.5 Å². The summed E-state index contributed by atoms with van der Waals surface area (Å²) < 4.78 is 0. The summed E-state index contributed by atoms with van der Waals surface area (Å²) in [5.41, 5.74) is 1.51. The number of hydrogen-bond donors (Lipinski definition) is 2. The quantitative estimate of drug-likeness (QED) is 0.833. The lowest BCUT2D eigenvalue weighted by Gasteiger charge is -2.32. The number of para-hydroxylation sites is 1. The van der Waals surface area contributed by atoms with Crippen molar-refractivity contribution in [1.82, 2.24) is 9.88 Å². The third-order valence-electron chi connectivity index (χ3n) is 5.55. The van der Waals surface area contributed by atoms with Crippen molar-refractivity contribution in [2.75, 3.05) is 41.7 Å². The van der Waals surface area contributed by atoms with Gasteiger partial charge in [0.1, 0.15) is 0 Å². The molecular weight excluding hydrogens is 366 g/mol. The number of hydrogen-bond acceptors (Lipinski definition) is 4. The van der Waals surface area contributed by atoms with Crippen LogP contribution in [0.1, 0.15) is 25.7 Å². The lowest BCUT2D eigenvalue weighted by atomic mass is 9.97. The number of piperidine rings is 1. The molecule has 4 rings (SSSR count). The molecule has 152 valence electrons. The van der Waals surface area contributed by atoms with Gasteiger partial charge in [0.2, 0.25) is 5.91 Å². The molecule has 1 atom stereocenters. The van der Waals surface area contributed by atoms with Crippen LogP contribution in [0.15, 0.2) is 48.7 Å². The lowest BCUT2D eigenvalue weighted by Crippen LogP contribution is -2.45. The SMILES string of the molecule is O=C(Nc1ccccc1)[C@H]1CCCN(C(=O)Nc2cccnc2N2CCCC2)C1. The van der Waals surface area contributed by atoms with Crippen LogP contribution in [-0.2, 0) is 4.79 Å². The molecule has 3 amide bonds. The fraction of sp³-hybridized carbons (Fsp3) is 0.409. The summed E-state index contributed by atoms with van der Waals surface area (Å²) in [6.45, 7) is 3.00. The van der Waals surface area contributed by atoms with Crippen molar-refractivity contribution in [1.29, 1.82) is 0 Å². The van der Waals surface area contributed by atoms with Gasteiger partial charge in [-0.05, 0) is 49.9 Å². The number of nitrogens with one attached hydrogen (secondary N) is 2. The Balaban J connectivity index is 1.38. The molecule has 0 unspecified atom stereocenters. The Bertz CT molecular complexity index is 851. The Morgan fingerprint density at radius 2 is 1.72 bits per heavy atom. The van der Waals surface area contributed by atoms with Crippen LogP contribution in [0.4, 0.5) is 22.0 Å². The number of anilines is 3. The number of nitrogens with zero attached hydrogens (tertiary/aromatic N) is 3. The molecule has 2 aromatic rings. The highest BCUT2D eigenvalue weighted by molar-refractivity contribution is 5.95. The van der Waals surface area contributed by atoms with Crippen LogP contribution in [0.2, 0.25) is 0 Å². The van der Waals surface area contributed by atoms with Crippen LogP contribution < -0.4 is 15.5 Å². The van der Waals surface area contributed by atoms with Gasteiger partial charge in [-0.15, -0.1) is 0 Å². The molecule has 2 saturated heterocycles. The van der Waals surface area contributed by atoms with E-state index >= 15 is 0 Å². The van der Waals surface area contributed by atoms with E-state index < -0.39 is 0 Å². The minimum Gasteiger partial charge on any atom is -0.355 e. The smallest absolute Gasteiger partial charge is 0.321 e. The van der Waals surface area contributed by atoms with E-state index in [9.17, 15) is 9.59 Å². The number of urea groups is 1. The average Bonchev–Trinajstić information content (AvgIpc) is 3.30. The number of pyridine rings is 1. The van der Waals surface area contributed by atoms with Crippen molar-refractivity contribution in [2.45, 2.75) is 25.7 Å². The summed E-state index contributed by atoms with van der Waals surface area (Å²) in [6, 6.07) is 13.0. The lowest BCUT2D eigenvalue weighted by molar-refractivity contribution is -0.121. The predicted octanol–water partition coefficient (Wildman–Crippen LogP) is 3.56. The van der Waals surface area contributed by atoms with Gasteiger partial charge in [0.15, 0.2) is 5.82 Å². The first-order valence-electron chi connectivity index (χ1n) is 10.3. The van der Waals surface area contributed by atoms with Gasteiger partial charge in [0.05, 0.1) is 11.6 Å². The van der Waals surface area contributed by atoms with Gasteiger partial charge in [0, 0.05) is 38.1 Å². The Morgan fingerprint density at radius 1 is 0.931 bits per heavy atom. The number of rotatable bonds is 4. The molecule has 29 heavy (non-hydrogen) atoms. The van der Waals surface area contributed by atoms with Crippen LogP contribution in [0, 0.1) is 5.92 Å². The first-order chi connectivity index (χ1) is 14.2. The first kappa shape index (κ1) is 19.2. The maximum atomic E-state index is 12.9. The highest BCUT2D eigenvalue weighted by Crippen LogP contribution is 2.27. The van der Waals surface area contributed by atoms with E-state index in [1.807, 2.05) is 42.5 Å². The summed E-state index contributed by atoms with van der Waals surface area (Å²) in [5, 5.41) is 5.97. The van der Waals surface area contributed by atoms with Crippen molar-refractivity contribution in [3.8, 4) is 0 Å². The standard InChI is InChI=1S/C22H27N5O2/c28-21(24-18-9-2-1-3-10-18)17-8-7-15-27(16-17)22(29)25-19-11-6-12-23-20(19)26-13-4-5-14-26/h1-3,6,9-12,17H,4-5,7-8,13-16H2,(H,24,28)(H,25,29)/t17-/m0/s1. The number of likely N-dealkylation sites (tertiary alicyclic amines) is 1. The molecule has 2 aliphatic heterocycles. The maximum Gasteiger partial charge on any atom is 0.321 e. The second-order valence-electron chi connectivity index (χ2n) is 7.64. The Morgan fingerprint density at radius 3 is 2.52 bits per heavy atom. The Labute approximate surface area is 171 Å². The highest BCUT2D eigenvalue weighted by Gasteiger charge is 2.29. The molecule has 7 nitrogen and oxygen atoms in total. The first-order valence-corrected chi connectivity index (χ1v) is 10.3. The molecule has 0 radical (unpaired) electrons. The molecule has 0 bridgehead atoms. The number of carbonyl (C=O) groups is 2. The number of aromatic nitrogens is 1. The Hall–Kier alpha value is -3.09. The zero-order valence-corrected chi connectivity index (χ0v) is 16.5. The normalized spacial score (nSPS) is 19.1. The number of amides is 3. The van der Waals surface area contributed by atoms with Gasteiger partial charge < -0.3 is 20.4 Å². The van der Waals surface area contributed by atoms with Gasteiger partial charge >= 0.3 is 6.03 Å². The van der Waals surface area contributed by atoms with E-state index in [0.29, 0.717) is 13.1 Å². The van der Waals surface area contributed by atoms with E-state index in [1.54, 1.807) is 11.1 Å². The second kappa shape index (κ2) is 8.94. The summed E-state index contributed by atoms with van der Waals surface area (Å²) >= 11 is 0. The molecular formula is C22H27N5O2. The third kappa shape index (κ3) is 4.67. The molecule has 3 heterocycles. The summed E-state index contributed by atoms with van der Waals surface area (Å²) in [6.07, 6.45) is 5.65. The molecule has 0 saturated carbocycles. The summed E-state index contributed by atoms with van der Waals surface area (Å²) in [4.78, 5) is 34.0. The van der Waals surface area contributed by atoms with Crippen molar-refractivity contribution in [3.63, 3.8) is 0 Å². The van der Waals surface area contributed by atoms with E-state index in [1.165, 1.54) is 0 Å². The van der Waals surface area contributed by atoms with E-state index in [4.69, 9.17) is 0 Å². The summed E-state index contributed by atoms with van der Waals surface area (Å²) in [7, 11) is 0. The van der Waals surface area contributed by atoms with Crippen LogP contribution in [-0.4, -0.2) is 48.0 Å². The van der Waals surface area contributed by atoms with Gasteiger partial charge in [-0.25, -0.2) is 9.78 Å². The van der Waals surface area contributed by atoms with Crippen LogP contribution in [0.3, 0.4) is 0 Å². The highest BCUT2D eigenvalue weighted by atomic mass is 16.2. The molecule has 2 aliphatic rings. The van der Waals surface area contributed by atoms with Gasteiger partial charge in [-0.2, -0.15) is 0 Å². The number of carbonyl (C=O) groups excluding carboxylic acids is 2. The molecule has 1 aromatic heterocycles. The van der Waals surface area contributed by atoms with Crippen molar-refractivity contribution in [2.24, 2.45) is 5.92 Å². The molecule has 0 aliphatic carbocycles. The molecule has 7 heteroatoms. The third-order valence-corrected chi connectivity index (χ3v) is 5.55. The molecule has 1 aromatic carbocycles. The average molecular weight is 393 g/mol. The summed E-state index contributed by atoms with van der Waals surface area (Å²) in [5.74, 6) is 0.586. The molecule has 0 spiro atoms. The second-order valence-corrected chi connectivity index (χ2v) is 7.64. The monoisotopic (exact) mass is 393 g/mol. The predicted molar refractivity (Wildman–Crippen MR) is 114 cm³/mol. The van der Waals surface area contributed by atoms with Crippen LogP contribution >= 0.6 is 0 Å². The van der Waals surface area contributed by atoms with Crippen LogP contribution in [0.5, 0.6) is 0 Å². The van der Waals surface area contributed by atoms with E-state index in [-0.39, 0.29) is 17.9 Å². The maximum absolute atomic E-state index is 12.9. The van der Waals surface area contributed by atoms with Gasteiger partial charge in [0.25, 0.3) is 0 Å². The largest absolute Gasteiger partial charge is 0.355 e. The zero-order chi connectivity index (χ0) is 20.1. The molecule has 2 N–H and O–H groups in total. The van der Waals surface area contributed by atoms with Crippen molar-refractivity contribution >= 4 is 29.1 Å². The Kier molecular flexibility index (Phi) is 5.93. The number of benzene rings is 1. The van der Waals surface area contributed by atoms with E-state index in [0.717, 1.165) is 56.0 Å².